The molecule has 5 rings (SSSR count). The van der Waals surface area contributed by atoms with Gasteiger partial charge in [0, 0.05) is 42.8 Å². The van der Waals surface area contributed by atoms with E-state index in [1.165, 1.54) is 12.4 Å². The summed E-state index contributed by atoms with van der Waals surface area (Å²) in [6, 6.07) is 8.22. The van der Waals surface area contributed by atoms with Crippen molar-refractivity contribution in [3.8, 4) is 11.3 Å². The molecule has 0 radical (unpaired) electrons. The van der Waals surface area contributed by atoms with Crippen molar-refractivity contribution < 1.29 is 4.79 Å². The number of rotatable bonds is 3. The average Bonchev–Trinajstić information content (AvgIpc) is 3.32. The van der Waals surface area contributed by atoms with Crippen LogP contribution in [0.1, 0.15) is 18.9 Å². The summed E-state index contributed by atoms with van der Waals surface area (Å²) in [5.74, 6) is 0.351. The fourth-order valence-electron chi connectivity index (χ4n) is 4.45. The topological polar surface area (TPSA) is 94.9 Å². The highest BCUT2D eigenvalue weighted by atomic mass is 16.2. The molecule has 3 aromatic heterocycles. The van der Waals surface area contributed by atoms with E-state index in [4.69, 9.17) is 10.8 Å². The Labute approximate surface area is 173 Å². The van der Waals surface area contributed by atoms with Crippen molar-refractivity contribution >= 4 is 33.7 Å². The quantitative estimate of drug-likeness (QED) is 0.533. The number of likely N-dealkylation sites (tertiary alicyclic amines) is 1. The van der Waals surface area contributed by atoms with Crippen LogP contribution in [0, 0.1) is 0 Å². The number of aryl methyl sites for hydroxylation is 1. The van der Waals surface area contributed by atoms with Crippen LogP contribution in [-0.4, -0.2) is 48.2 Å². The molecule has 4 heterocycles. The van der Waals surface area contributed by atoms with Crippen molar-refractivity contribution in [1.29, 1.82) is 0 Å². The van der Waals surface area contributed by atoms with E-state index < -0.39 is 0 Å². The van der Waals surface area contributed by atoms with E-state index in [2.05, 4.69) is 39.4 Å². The first-order valence-electron chi connectivity index (χ1n) is 10.0. The fraction of sp³-hybridized carbons (Fsp3) is 0.273. The molecule has 1 fully saturated rings. The number of carbonyl (C=O) groups excluding carboxylic acids is 1. The second-order valence-electron chi connectivity index (χ2n) is 7.71. The number of hydrogen-bond donors (Lipinski definition) is 1. The third-order valence-corrected chi connectivity index (χ3v) is 5.90. The molecule has 8 nitrogen and oxygen atoms in total. The van der Waals surface area contributed by atoms with Gasteiger partial charge in [-0.2, -0.15) is 5.10 Å². The second-order valence-corrected chi connectivity index (χ2v) is 7.71. The van der Waals surface area contributed by atoms with Crippen LogP contribution >= 0.6 is 0 Å². The van der Waals surface area contributed by atoms with Crippen LogP contribution < -0.4 is 5.73 Å². The number of nitrogens with zero attached hydrogens (tertiary/aromatic N) is 6. The summed E-state index contributed by atoms with van der Waals surface area (Å²) in [5, 5.41) is 6.83. The highest BCUT2D eigenvalue weighted by Gasteiger charge is 2.28. The summed E-state index contributed by atoms with van der Waals surface area (Å²) < 4.78 is 4.01. The number of piperidine rings is 1. The van der Waals surface area contributed by atoms with E-state index in [0.29, 0.717) is 18.0 Å². The number of fused-ring (bicyclic) bond motifs is 2. The minimum absolute atomic E-state index is 0.0168. The molecular weight excluding hydrogens is 378 g/mol. The van der Waals surface area contributed by atoms with Gasteiger partial charge in [0.25, 0.3) is 0 Å². The molecule has 1 atom stereocenters. The number of para-hydroxylation sites is 1. The minimum Gasteiger partial charge on any atom is -0.383 e. The number of amides is 1. The first kappa shape index (κ1) is 18.4. The second kappa shape index (κ2) is 6.98. The van der Waals surface area contributed by atoms with Gasteiger partial charge in [0.1, 0.15) is 17.8 Å². The van der Waals surface area contributed by atoms with Crippen molar-refractivity contribution in [2.45, 2.75) is 18.9 Å². The molecular formula is C22H23N7O. The number of nitrogen functional groups attached to an aromatic ring is 1. The lowest BCUT2D eigenvalue weighted by atomic mass is 10.1. The van der Waals surface area contributed by atoms with Crippen molar-refractivity contribution in [1.82, 2.24) is 29.2 Å². The third-order valence-electron chi connectivity index (χ3n) is 5.90. The van der Waals surface area contributed by atoms with Crippen LogP contribution in [0.25, 0.3) is 33.2 Å². The van der Waals surface area contributed by atoms with E-state index in [1.807, 2.05) is 28.8 Å². The predicted octanol–water partition coefficient (Wildman–Crippen LogP) is 2.92. The molecule has 0 spiro atoms. The molecule has 8 heteroatoms. The van der Waals surface area contributed by atoms with Gasteiger partial charge in [-0.15, -0.1) is 0 Å². The zero-order valence-corrected chi connectivity index (χ0v) is 16.8. The maximum Gasteiger partial charge on any atom is 0.246 e. The molecule has 0 aliphatic carbocycles. The van der Waals surface area contributed by atoms with Crippen LogP contribution in [-0.2, 0) is 11.8 Å². The molecule has 1 aromatic carbocycles. The molecule has 1 aliphatic heterocycles. The van der Waals surface area contributed by atoms with Crippen LogP contribution in [0.3, 0.4) is 0 Å². The minimum atomic E-state index is -0.0559. The molecule has 30 heavy (non-hydrogen) atoms. The number of benzene rings is 1. The molecule has 4 aromatic rings. The van der Waals surface area contributed by atoms with E-state index in [1.54, 1.807) is 0 Å². The lowest BCUT2D eigenvalue weighted by molar-refractivity contribution is -0.127. The molecule has 1 amide bonds. The zero-order valence-electron chi connectivity index (χ0n) is 16.8. The zero-order chi connectivity index (χ0) is 20.8. The highest BCUT2D eigenvalue weighted by Crippen LogP contribution is 2.37. The Morgan fingerprint density at radius 3 is 2.97 bits per heavy atom. The van der Waals surface area contributed by atoms with E-state index >= 15 is 0 Å². The summed E-state index contributed by atoms with van der Waals surface area (Å²) in [6.07, 6.45) is 6.72. The number of carbonyl (C=O) groups is 1. The first-order chi connectivity index (χ1) is 14.6. The van der Waals surface area contributed by atoms with Crippen molar-refractivity contribution in [2.24, 2.45) is 7.05 Å². The summed E-state index contributed by atoms with van der Waals surface area (Å²) in [7, 11) is 2.02. The normalized spacial score (nSPS) is 17.0. The van der Waals surface area contributed by atoms with Crippen molar-refractivity contribution in [3.63, 3.8) is 0 Å². The summed E-state index contributed by atoms with van der Waals surface area (Å²) in [4.78, 5) is 22.7. The van der Waals surface area contributed by atoms with Gasteiger partial charge in [-0.3, -0.25) is 4.79 Å². The summed E-state index contributed by atoms with van der Waals surface area (Å²) >= 11 is 0. The van der Waals surface area contributed by atoms with E-state index in [9.17, 15) is 4.79 Å². The maximum absolute atomic E-state index is 12.2. The number of hydrogen-bond acceptors (Lipinski definition) is 5. The molecule has 1 aliphatic rings. The summed E-state index contributed by atoms with van der Waals surface area (Å²) in [6.45, 7) is 4.92. The van der Waals surface area contributed by atoms with Crippen LogP contribution in [0.5, 0.6) is 0 Å². The van der Waals surface area contributed by atoms with Gasteiger partial charge in [-0.1, -0.05) is 24.8 Å². The van der Waals surface area contributed by atoms with Gasteiger partial charge in [0.05, 0.1) is 11.4 Å². The van der Waals surface area contributed by atoms with Crippen molar-refractivity contribution in [2.75, 3.05) is 18.8 Å². The first-order valence-corrected chi connectivity index (χ1v) is 10.0. The molecule has 0 bridgehead atoms. The van der Waals surface area contributed by atoms with E-state index in [0.717, 1.165) is 46.9 Å². The van der Waals surface area contributed by atoms with Crippen LogP contribution in [0.2, 0.25) is 0 Å². The average molecular weight is 401 g/mol. The Morgan fingerprint density at radius 2 is 2.13 bits per heavy atom. The highest BCUT2D eigenvalue weighted by molar-refractivity contribution is 6.05. The Morgan fingerprint density at radius 1 is 1.30 bits per heavy atom. The summed E-state index contributed by atoms with van der Waals surface area (Å²) in [5.41, 5.74) is 9.87. The van der Waals surface area contributed by atoms with Gasteiger partial charge < -0.3 is 15.2 Å². The Balaban J connectivity index is 1.70. The number of nitrogens with two attached hydrogens (primary N) is 1. The Hall–Kier alpha value is -3.68. The smallest absolute Gasteiger partial charge is 0.246 e. The number of anilines is 1. The van der Waals surface area contributed by atoms with Crippen molar-refractivity contribution in [3.05, 3.63) is 49.4 Å². The lowest BCUT2D eigenvalue weighted by Crippen LogP contribution is -2.40. The molecule has 1 unspecified atom stereocenters. The maximum atomic E-state index is 12.2. The largest absolute Gasteiger partial charge is 0.383 e. The fourth-order valence-corrected chi connectivity index (χ4v) is 4.45. The Kier molecular flexibility index (Phi) is 4.27. The molecule has 1 saturated heterocycles. The third kappa shape index (κ3) is 2.75. The van der Waals surface area contributed by atoms with Crippen LogP contribution in [0.4, 0.5) is 5.82 Å². The van der Waals surface area contributed by atoms with Crippen LogP contribution in [0.15, 0.2) is 49.4 Å². The van der Waals surface area contributed by atoms with E-state index in [-0.39, 0.29) is 11.9 Å². The monoisotopic (exact) mass is 401 g/mol. The SMILES string of the molecule is C=CC(=O)N1CCCC(n2nc(-c3cn(C)c4ccccc34)c3c(N)ncnc32)C1. The lowest BCUT2D eigenvalue weighted by Gasteiger charge is -2.32. The van der Waals surface area contributed by atoms with Gasteiger partial charge in [0.2, 0.25) is 5.91 Å². The van der Waals surface area contributed by atoms with Gasteiger partial charge in [0.15, 0.2) is 5.65 Å². The Bertz CT molecular complexity index is 1290. The molecule has 2 N–H and O–H groups in total. The molecule has 0 saturated carbocycles. The van der Waals surface area contributed by atoms with Gasteiger partial charge in [-0.05, 0) is 25.0 Å². The standard InChI is InChI=1S/C22H23N7O/c1-3-18(30)28-10-6-7-14(11-28)29-22-19(21(23)24-13-25-22)20(26-29)16-12-27(2)17-9-5-4-8-15(16)17/h3-5,8-9,12-14H,1,6-7,10-11H2,2H3,(H2,23,24,25). The van der Waals surface area contributed by atoms with Gasteiger partial charge in [-0.25, -0.2) is 14.6 Å². The van der Waals surface area contributed by atoms with Gasteiger partial charge >= 0.3 is 0 Å². The predicted molar refractivity (Wildman–Crippen MR) is 117 cm³/mol. The molecule has 152 valence electrons. The number of aromatic nitrogens is 5.